The number of phenolic OH excluding ortho intramolecular Hbond substituents is 1. The van der Waals surface area contributed by atoms with Gasteiger partial charge in [-0.15, -0.1) is 12.4 Å². The lowest BCUT2D eigenvalue weighted by atomic mass is 10.1. The fourth-order valence-corrected chi connectivity index (χ4v) is 2.17. The molecule has 0 unspecified atom stereocenters. The van der Waals surface area contributed by atoms with Gasteiger partial charge in [0.25, 0.3) is 0 Å². The molecule has 1 aromatic carbocycles. The van der Waals surface area contributed by atoms with Crippen LogP contribution in [0.1, 0.15) is 21.6 Å². The Bertz CT molecular complexity index is 650. The van der Waals surface area contributed by atoms with E-state index in [4.69, 9.17) is 0 Å². The van der Waals surface area contributed by atoms with Crippen LogP contribution in [0.3, 0.4) is 0 Å². The molecule has 3 rings (SSSR count). The second kappa shape index (κ2) is 5.24. The Labute approximate surface area is 117 Å². The number of allylic oxidation sites excluding steroid dienone is 1. The maximum Gasteiger partial charge on any atom is 0.189 e. The average Bonchev–Trinajstić information content (AvgIpc) is 2.70. The number of phenols is 1. The molecule has 3 nitrogen and oxygen atoms in total. The van der Waals surface area contributed by atoms with Crippen LogP contribution in [0.25, 0.3) is 6.08 Å². The summed E-state index contributed by atoms with van der Waals surface area (Å²) in [6, 6.07) is 10.6. The normalized spacial score (nSPS) is 15.2. The molecule has 0 aliphatic heterocycles. The number of carbonyl (C=O) groups is 1. The first-order valence-corrected chi connectivity index (χ1v) is 5.73. The zero-order valence-corrected chi connectivity index (χ0v) is 10.9. The van der Waals surface area contributed by atoms with Gasteiger partial charge in [-0.2, -0.15) is 0 Å². The molecule has 0 atom stereocenters. The zero-order valence-electron chi connectivity index (χ0n) is 10.0. The van der Waals surface area contributed by atoms with Crippen LogP contribution in [0.4, 0.5) is 0 Å². The van der Waals surface area contributed by atoms with Crippen LogP contribution >= 0.6 is 12.4 Å². The minimum atomic E-state index is -0.0217. The zero-order chi connectivity index (χ0) is 12.5. The minimum Gasteiger partial charge on any atom is -0.508 e. The van der Waals surface area contributed by atoms with Gasteiger partial charge in [0.15, 0.2) is 5.78 Å². The number of ketones is 1. The van der Waals surface area contributed by atoms with Gasteiger partial charge in [-0.05, 0) is 24.3 Å². The van der Waals surface area contributed by atoms with Gasteiger partial charge >= 0.3 is 0 Å². The molecular formula is C15H12ClNO2. The number of aromatic nitrogens is 1. The van der Waals surface area contributed by atoms with Crippen LogP contribution in [-0.4, -0.2) is 15.9 Å². The van der Waals surface area contributed by atoms with E-state index in [0.717, 1.165) is 5.69 Å². The van der Waals surface area contributed by atoms with E-state index < -0.39 is 0 Å². The molecule has 96 valence electrons. The second-order valence-corrected chi connectivity index (χ2v) is 4.23. The highest BCUT2D eigenvalue weighted by molar-refractivity contribution is 6.15. The number of pyridine rings is 1. The second-order valence-electron chi connectivity index (χ2n) is 4.23. The first kappa shape index (κ1) is 13.3. The number of aromatic hydroxyl groups is 1. The minimum absolute atomic E-state index is 0. The van der Waals surface area contributed by atoms with E-state index in [0.29, 0.717) is 23.1 Å². The lowest BCUT2D eigenvalue weighted by Gasteiger charge is -1.97. The maximum absolute atomic E-state index is 12.1. The van der Waals surface area contributed by atoms with Crippen LogP contribution in [0.15, 0.2) is 48.2 Å². The van der Waals surface area contributed by atoms with E-state index in [1.807, 2.05) is 18.2 Å². The van der Waals surface area contributed by atoms with E-state index in [1.54, 1.807) is 30.5 Å². The third-order valence-corrected chi connectivity index (χ3v) is 3.06. The number of halogens is 1. The Morgan fingerprint density at radius 3 is 2.68 bits per heavy atom. The molecule has 0 bridgehead atoms. The van der Waals surface area contributed by atoms with Gasteiger partial charge in [-0.1, -0.05) is 18.2 Å². The lowest BCUT2D eigenvalue weighted by molar-refractivity contribution is 0.104. The summed E-state index contributed by atoms with van der Waals surface area (Å²) < 4.78 is 0. The number of fused-ring (bicyclic) bond motifs is 1. The van der Waals surface area contributed by atoms with Crippen molar-refractivity contribution in [1.29, 1.82) is 0 Å². The Hall–Kier alpha value is -2.13. The summed E-state index contributed by atoms with van der Waals surface area (Å²) in [4.78, 5) is 16.3. The van der Waals surface area contributed by atoms with E-state index in [9.17, 15) is 9.90 Å². The van der Waals surface area contributed by atoms with Crippen molar-refractivity contribution in [3.63, 3.8) is 0 Å². The SMILES string of the molecule is Cl.O=C1/C(=C/c2ccccn2)Cc2c(O)cccc21. The Morgan fingerprint density at radius 2 is 2.00 bits per heavy atom. The Balaban J connectivity index is 0.00000133. The van der Waals surface area contributed by atoms with Crippen molar-refractivity contribution >= 4 is 24.3 Å². The summed E-state index contributed by atoms with van der Waals surface area (Å²) in [5.74, 6) is 0.164. The molecule has 1 aromatic heterocycles. The predicted octanol–water partition coefficient (Wildman–Crippen LogP) is 3.03. The molecule has 4 heteroatoms. The number of Topliss-reactive ketones (excluding diaryl/α,β-unsaturated/α-hetero) is 1. The lowest BCUT2D eigenvalue weighted by Crippen LogP contribution is -1.95. The summed E-state index contributed by atoms with van der Waals surface area (Å²) in [6.45, 7) is 0. The molecule has 2 aromatic rings. The number of benzene rings is 1. The van der Waals surface area contributed by atoms with Gasteiger partial charge in [-0.3, -0.25) is 9.78 Å². The molecule has 0 fully saturated rings. The molecule has 19 heavy (non-hydrogen) atoms. The first-order valence-electron chi connectivity index (χ1n) is 5.73. The quantitative estimate of drug-likeness (QED) is 0.813. The van der Waals surface area contributed by atoms with E-state index in [1.165, 1.54) is 0 Å². The number of rotatable bonds is 1. The van der Waals surface area contributed by atoms with Crippen molar-refractivity contribution in [2.45, 2.75) is 6.42 Å². The number of hydrogen-bond donors (Lipinski definition) is 1. The van der Waals surface area contributed by atoms with Gasteiger partial charge in [-0.25, -0.2) is 0 Å². The molecule has 0 saturated carbocycles. The van der Waals surface area contributed by atoms with Crippen LogP contribution in [0, 0.1) is 0 Å². The number of nitrogens with zero attached hydrogens (tertiary/aromatic N) is 1. The fraction of sp³-hybridized carbons (Fsp3) is 0.0667. The third kappa shape index (κ3) is 2.37. The summed E-state index contributed by atoms with van der Waals surface area (Å²) in [6.07, 6.45) is 3.94. The largest absolute Gasteiger partial charge is 0.508 e. The van der Waals surface area contributed by atoms with Crippen molar-refractivity contribution in [2.75, 3.05) is 0 Å². The van der Waals surface area contributed by atoms with Crippen LogP contribution in [0.2, 0.25) is 0 Å². The van der Waals surface area contributed by atoms with E-state index >= 15 is 0 Å². The van der Waals surface area contributed by atoms with Gasteiger partial charge in [0.05, 0.1) is 5.69 Å². The molecule has 0 saturated heterocycles. The summed E-state index contributed by atoms with van der Waals surface area (Å²) in [7, 11) is 0. The van der Waals surface area contributed by atoms with Gasteiger partial charge in [0, 0.05) is 29.3 Å². The predicted molar refractivity (Wildman–Crippen MR) is 75.6 cm³/mol. The molecule has 0 spiro atoms. The van der Waals surface area contributed by atoms with Crippen molar-refractivity contribution in [3.8, 4) is 5.75 Å². The smallest absolute Gasteiger partial charge is 0.189 e. The molecule has 1 N–H and O–H groups in total. The molecular weight excluding hydrogens is 262 g/mol. The third-order valence-electron chi connectivity index (χ3n) is 3.06. The topological polar surface area (TPSA) is 50.2 Å². The molecule has 1 aliphatic rings. The standard InChI is InChI=1S/C15H11NO2.ClH/c17-14-6-3-5-12-13(14)9-10(15(12)18)8-11-4-1-2-7-16-11;/h1-8,17H,9H2;1H/b10-8+;. The summed E-state index contributed by atoms with van der Waals surface area (Å²) in [5.41, 5.74) is 2.74. The van der Waals surface area contributed by atoms with Gasteiger partial charge in [0.1, 0.15) is 5.75 Å². The maximum atomic E-state index is 12.1. The fourth-order valence-electron chi connectivity index (χ4n) is 2.17. The monoisotopic (exact) mass is 273 g/mol. The molecule has 1 aliphatic carbocycles. The molecule has 1 heterocycles. The number of hydrogen-bond acceptors (Lipinski definition) is 3. The highest BCUT2D eigenvalue weighted by Gasteiger charge is 2.26. The highest BCUT2D eigenvalue weighted by Crippen LogP contribution is 2.33. The van der Waals surface area contributed by atoms with Crippen LogP contribution < -0.4 is 0 Å². The summed E-state index contributed by atoms with van der Waals surface area (Å²) >= 11 is 0. The van der Waals surface area contributed by atoms with Gasteiger partial charge in [0.2, 0.25) is 0 Å². The Kier molecular flexibility index (Phi) is 3.67. The first-order chi connectivity index (χ1) is 8.75. The highest BCUT2D eigenvalue weighted by atomic mass is 35.5. The number of carbonyl (C=O) groups excluding carboxylic acids is 1. The van der Waals surface area contributed by atoms with Crippen molar-refractivity contribution < 1.29 is 9.90 Å². The van der Waals surface area contributed by atoms with Crippen molar-refractivity contribution in [1.82, 2.24) is 4.98 Å². The van der Waals surface area contributed by atoms with E-state index in [-0.39, 0.29) is 23.9 Å². The van der Waals surface area contributed by atoms with Crippen LogP contribution in [0.5, 0.6) is 5.75 Å². The van der Waals surface area contributed by atoms with Crippen molar-refractivity contribution in [3.05, 3.63) is 65.0 Å². The van der Waals surface area contributed by atoms with Crippen molar-refractivity contribution in [2.24, 2.45) is 0 Å². The van der Waals surface area contributed by atoms with E-state index in [2.05, 4.69) is 4.98 Å². The van der Waals surface area contributed by atoms with Gasteiger partial charge < -0.3 is 5.11 Å². The van der Waals surface area contributed by atoms with Crippen LogP contribution in [-0.2, 0) is 6.42 Å². The molecule has 0 radical (unpaired) electrons. The average molecular weight is 274 g/mol. The summed E-state index contributed by atoms with van der Waals surface area (Å²) in [5, 5.41) is 9.74. The Morgan fingerprint density at radius 1 is 1.16 bits per heavy atom. The molecule has 0 amide bonds.